The van der Waals surface area contributed by atoms with E-state index >= 15 is 0 Å². The molecule has 0 spiro atoms. The zero-order valence-corrected chi connectivity index (χ0v) is 16.4. The third kappa shape index (κ3) is 4.37. The molecule has 0 bridgehead atoms. The summed E-state index contributed by atoms with van der Waals surface area (Å²) in [6.07, 6.45) is 0.871. The molecule has 0 aliphatic carbocycles. The molecule has 7 heteroatoms. The van der Waals surface area contributed by atoms with Gasteiger partial charge in [-0.15, -0.1) is 0 Å². The fourth-order valence-corrected chi connectivity index (χ4v) is 4.68. The Labute approximate surface area is 160 Å². The SMILES string of the molecule is CCc1cccc(NC(=O)c2ccc(C)c(S(=O)(=O)N3CCOCC3)c2)c1. The number of hydrogen-bond acceptors (Lipinski definition) is 4. The monoisotopic (exact) mass is 388 g/mol. The second-order valence-corrected chi connectivity index (χ2v) is 8.41. The lowest BCUT2D eigenvalue weighted by molar-refractivity contribution is 0.0730. The summed E-state index contributed by atoms with van der Waals surface area (Å²) in [4.78, 5) is 12.8. The van der Waals surface area contributed by atoms with Crippen LogP contribution in [0.4, 0.5) is 5.69 Å². The normalized spacial score (nSPS) is 15.5. The van der Waals surface area contributed by atoms with Crippen LogP contribution in [-0.4, -0.2) is 44.9 Å². The first-order valence-electron chi connectivity index (χ1n) is 9.00. The zero-order valence-electron chi connectivity index (χ0n) is 15.6. The highest BCUT2D eigenvalue weighted by atomic mass is 32.2. The van der Waals surface area contributed by atoms with Crippen LogP contribution in [0.15, 0.2) is 47.4 Å². The van der Waals surface area contributed by atoms with Gasteiger partial charge in [-0.05, 0) is 48.7 Å². The number of carbonyl (C=O) groups excluding carboxylic acids is 1. The van der Waals surface area contributed by atoms with Gasteiger partial charge in [-0.3, -0.25) is 4.79 Å². The van der Waals surface area contributed by atoms with Gasteiger partial charge in [-0.25, -0.2) is 8.42 Å². The molecule has 144 valence electrons. The van der Waals surface area contributed by atoms with Gasteiger partial charge in [0, 0.05) is 24.3 Å². The maximum atomic E-state index is 13.0. The molecular formula is C20H24N2O4S. The maximum Gasteiger partial charge on any atom is 0.255 e. The molecule has 1 aliphatic rings. The average molecular weight is 388 g/mol. The smallest absolute Gasteiger partial charge is 0.255 e. The summed E-state index contributed by atoms with van der Waals surface area (Å²) in [5, 5.41) is 2.84. The predicted molar refractivity (Wildman–Crippen MR) is 105 cm³/mol. The Balaban J connectivity index is 1.87. The van der Waals surface area contributed by atoms with Crippen LogP contribution in [0.25, 0.3) is 0 Å². The van der Waals surface area contributed by atoms with E-state index in [-0.39, 0.29) is 10.8 Å². The summed E-state index contributed by atoms with van der Waals surface area (Å²) in [5.74, 6) is -0.332. The lowest BCUT2D eigenvalue weighted by atomic mass is 10.1. The average Bonchev–Trinajstić information content (AvgIpc) is 2.69. The van der Waals surface area contributed by atoms with Crippen LogP contribution in [0, 0.1) is 6.92 Å². The van der Waals surface area contributed by atoms with Gasteiger partial charge in [0.25, 0.3) is 5.91 Å². The van der Waals surface area contributed by atoms with E-state index in [9.17, 15) is 13.2 Å². The quantitative estimate of drug-likeness (QED) is 0.855. The van der Waals surface area contributed by atoms with E-state index in [1.807, 2.05) is 31.2 Å². The van der Waals surface area contributed by atoms with Crippen molar-refractivity contribution >= 4 is 21.6 Å². The van der Waals surface area contributed by atoms with E-state index < -0.39 is 10.0 Å². The number of hydrogen-bond donors (Lipinski definition) is 1. The van der Waals surface area contributed by atoms with Gasteiger partial charge in [-0.2, -0.15) is 4.31 Å². The highest BCUT2D eigenvalue weighted by Gasteiger charge is 2.28. The topological polar surface area (TPSA) is 75.7 Å². The molecule has 1 heterocycles. The Kier molecular flexibility index (Phi) is 5.94. The highest BCUT2D eigenvalue weighted by Crippen LogP contribution is 2.23. The van der Waals surface area contributed by atoms with Crippen molar-refractivity contribution in [2.45, 2.75) is 25.2 Å². The Hall–Kier alpha value is -2.22. The van der Waals surface area contributed by atoms with Crippen LogP contribution in [0.1, 0.15) is 28.4 Å². The molecule has 1 amide bonds. The molecule has 1 aliphatic heterocycles. The van der Waals surface area contributed by atoms with Gasteiger partial charge >= 0.3 is 0 Å². The van der Waals surface area contributed by atoms with Gasteiger partial charge in [0.1, 0.15) is 0 Å². The second kappa shape index (κ2) is 8.21. The van der Waals surface area contributed by atoms with Gasteiger partial charge < -0.3 is 10.1 Å². The van der Waals surface area contributed by atoms with Crippen LogP contribution in [0.3, 0.4) is 0 Å². The van der Waals surface area contributed by atoms with Crippen LogP contribution in [-0.2, 0) is 21.2 Å². The molecule has 1 fully saturated rings. The van der Waals surface area contributed by atoms with Crippen molar-refractivity contribution in [1.29, 1.82) is 0 Å². The van der Waals surface area contributed by atoms with Gasteiger partial charge in [0.2, 0.25) is 10.0 Å². The minimum Gasteiger partial charge on any atom is -0.379 e. The number of benzene rings is 2. The third-order valence-corrected chi connectivity index (χ3v) is 6.67. The van der Waals surface area contributed by atoms with Crippen LogP contribution in [0.5, 0.6) is 0 Å². The second-order valence-electron chi connectivity index (χ2n) is 6.50. The standard InChI is InChI=1S/C20H24N2O4S/c1-3-16-5-4-6-18(13-16)21-20(23)17-8-7-15(2)19(14-17)27(24,25)22-9-11-26-12-10-22/h4-8,13-14H,3,9-12H2,1-2H3,(H,21,23). The number of nitrogens with one attached hydrogen (secondary N) is 1. The third-order valence-electron chi connectivity index (χ3n) is 4.63. The minimum atomic E-state index is -3.66. The van der Waals surface area contributed by atoms with Crippen LogP contribution in [0.2, 0.25) is 0 Å². The number of anilines is 1. The maximum absolute atomic E-state index is 13.0. The summed E-state index contributed by atoms with van der Waals surface area (Å²) in [6.45, 7) is 5.19. The number of aryl methyl sites for hydroxylation is 2. The van der Waals surface area contributed by atoms with E-state index in [4.69, 9.17) is 4.74 Å². The largest absolute Gasteiger partial charge is 0.379 e. The lowest BCUT2D eigenvalue weighted by Gasteiger charge is -2.26. The van der Waals surface area contributed by atoms with Crippen molar-refractivity contribution in [2.75, 3.05) is 31.6 Å². The van der Waals surface area contributed by atoms with E-state index in [0.29, 0.717) is 43.1 Å². The summed E-state index contributed by atoms with van der Waals surface area (Å²) in [7, 11) is -3.66. The van der Waals surface area contributed by atoms with Crippen molar-refractivity contribution in [1.82, 2.24) is 4.31 Å². The Morgan fingerprint density at radius 2 is 1.89 bits per heavy atom. The molecule has 1 N–H and O–H groups in total. The molecule has 2 aromatic carbocycles. The fourth-order valence-electron chi connectivity index (χ4n) is 3.02. The van der Waals surface area contributed by atoms with Crippen molar-refractivity contribution in [3.05, 3.63) is 59.2 Å². The Bertz CT molecular complexity index is 935. The van der Waals surface area contributed by atoms with Crippen molar-refractivity contribution < 1.29 is 17.9 Å². The molecule has 0 atom stereocenters. The van der Waals surface area contributed by atoms with E-state index in [2.05, 4.69) is 5.32 Å². The molecule has 6 nitrogen and oxygen atoms in total. The first kappa shape index (κ1) is 19.5. The first-order chi connectivity index (χ1) is 12.9. The molecule has 0 aromatic heterocycles. The number of carbonyl (C=O) groups is 1. The van der Waals surface area contributed by atoms with Crippen molar-refractivity contribution in [2.24, 2.45) is 0 Å². The molecular weight excluding hydrogens is 364 g/mol. The number of nitrogens with zero attached hydrogens (tertiary/aromatic N) is 1. The highest BCUT2D eigenvalue weighted by molar-refractivity contribution is 7.89. The number of amides is 1. The summed E-state index contributed by atoms with van der Waals surface area (Å²) in [5.41, 5.74) is 2.74. The summed E-state index contributed by atoms with van der Waals surface area (Å²) in [6, 6.07) is 12.4. The Morgan fingerprint density at radius 3 is 2.59 bits per heavy atom. The number of sulfonamides is 1. The summed E-state index contributed by atoms with van der Waals surface area (Å²) >= 11 is 0. The van der Waals surface area contributed by atoms with E-state index in [0.717, 1.165) is 12.0 Å². The molecule has 0 unspecified atom stereocenters. The number of morpholine rings is 1. The summed E-state index contributed by atoms with van der Waals surface area (Å²) < 4.78 is 32.6. The van der Waals surface area contributed by atoms with Gasteiger partial charge in [0.15, 0.2) is 0 Å². The van der Waals surface area contributed by atoms with Gasteiger partial charge in [0.05, 0.1) is 18.1 Å². The van der Waals surface area contributed by atoms with Gasteiger partial charge in [-0.1, -0.05) is 25.1 Å². The molecule has 3 rings (SSSR count). The fraction of sp³-hybridized carbons (Fsp3) is 0.350. The van der Waals surface area contributed by atoms with E-state index in [1.165, 1.54) is 10.4 Å². The minimum absolute atomic E-state index is 0.166. The molecule has 2 aromatic rings. The van der Waals surface area contributed by atoms with E-state index in [1.54, 1.807) is 19.1 Å². The molecule has 0 saturated carbocycles. The van der Waals surface area contributed by atoms with Crippen LogP contribution >= 0.6 is 0 Å². The Morgan fingerprint density at radius 1 is 1.15 bits per heavy atom. The lowest BCUT2D eigenvalue weighted by Crippen LogP contribution is -2.40. The first-order valence-corrected chi connectivity index (χ1v) is 10.4. The number of rotatable bonds is 5. The predicted octanol–water partition coefficient (Wildman–Crippen LogP) is 2.83. The molecule has 0 radical (unpaired) electrons. The van der Waals surface area contributed by atoms with Crippen LogP contribution < -0.4 is 5.32 Å². The number of ether oxygens (including phenoxy) is 1. The van der Waals surface area contributed by atoms with Crippen molar-refractivity contribution in [3.63, 3.8) is 0 Å². The molecule has 1 saturated heterocycles. The molecule has 27 heavy (non-hydrogen) atoms. The van der Waals surface area contributed by atoms with Crippen molar-refractivity contribution in [3.8, 4) is 0 Å². The zero-order chi connectivity index (χ0) is 19.4.